The molecule has 4 fully saturated rings. The highest BCUT2D eigenvalue weighted by Gasteiger charge is 2.60. The molecular weight excluding hydrogens is 356 g/mol. The van der Waals surface area contributed by atoms with Crippen LogP contribution in [0, 0.1) is 34.5 Å². The Bertz CT molecular complexity index is 963. The van der Waals surface area contributed by atoms with E-state index in [0.717, 1.165) is 42.5 Å². The molecule has 4 aliphatic carbocycles. The number of Topliss-reactive ketones (excluding diaryl/α,β-unsaturated/α-hetero) is 1. The summed E-state index contributed by atoms with van der Waals surface area (Å²) in [5.74, 6) is 3.72. The van der Waals surface area contributed by atoms with E-state index >= 15 is 0 Å². The van der Waals surface area contributed by atoms with Crippen molar-refractivity contribution in [3.8, 4) is 0 Å². The van der Waals surface area contributed by atoms with Crippen LogP contribution in [0.1, 0.15) is 77.7 Å². The molecule has 29 heavy (non-hydrogen) atoms. The first-order valence-corrected chi connectivity index (χ1v) is 11.9. The van der Waals surface area contributed by atoms with Crippen LogP contribution >= 0.6 is 0 Å². The van der Waals surface area contributed by atoms with Crippen LogP contribution in [0.25, 0.3) is 11.0 Å². The number of aromatic nitrogens is 2. The number of rotatable bonds is 1. The van der Waals surface area contributed by atoms with Gasteiger partial charge in [-0.15, -0.1) is 0 Å². The lowest BCUT2D eigenvalue weighted by Crippen LogP contribution is -2.53. The van der Waals surface area contributed by atoms with Crippen LogP contribution in [0.15, 0.2) is 30.6 Å². The molecule has 7 atom stereocenters. The molecule has 0 saturated heterocycles. The first-order valence-electron chi connectivity index (χ1n) is 11.9. The maximum absolute atomic E-state index is 12.1. The molecule has 0 radical (unpaired) electrons. The smallest absolute Gasteiger partial charge is 0.133 e. The van der Waals surface area contributed by atoms with E-state index in [9.17, 15) is 4.79 Å². The van der Waals surface area contributed by atoms with E-state index in [1.54, 1.807) is 0 Å². The molecule has 4 saturated carbocycles. The molecule has 0 unspecified atom stereocenters. The molecule has 4 aliphatic rings. The topological polar surface area (TPSA) is 34.9 Å². The van der Waals surface area contributed by atoms with E-state index in [-0.39, 0.29) is 0 Å². The number of carbonyl (C=O) groups is 1. The summed E-state index contributed by atoms with van der Waals surface area (Å²) in [5, 5.41) is 0. The third-order valence-electron chi connectivity index (χ3n) is 10.2. The van der Waals surface area contributed by atoms with Gasteiger partial charge in [-0.1, -0.05) is 26.0 Å². The number of nitrogens with zero attached hydrogens (tertiary/aromatic N) is 2. The van der Waals surface area contributed by atoms with Gasteiger partial charge in [-0.3, -0.25) is 4.79 Å². The minimum Gasteiger partial charge on any atom is -0.327 e. The monoisotopic (exact) mass is 390 g/mol. The second kappa shape index (κ2) is 6.18. The number of benzene rings is 1. The fraction of sp³-hybridized carbons (Fsp3) is 0.692. The number of carbonyl (C=O) groups excluding carboxylic acids is 1. The molecule has 1 aromatic carbocycles. The zero-order valence-electron chi connectivity index (χ0n) is 17.9. The van der Waals surface area contributed by atoms with Crippen LogP contribution < -0.4 is 0 Å². The Kier molecular flexibility index (Phi) is 3.87. The van der Waals surface area contributed by atoms with Crippen molar-refractivity contribution in [1.82, 2.24) is 9.55 Å². The first-order chi connectivity index (χ1) is 14.0. The second-order valence-corrected chi connectivity index (χ2v) is 11.2. The largest absolute Gasteiger partial charge is 0.327 e. The summed E-state index contributed by atoms with van der Waals surface area (Å²) in [5.41, 5.74) is 3.24. The third-order valence-corrected chi connectivity index (χ3v) is 10.2. The summed E-state index contributed by atoms with van der Waals surface area (Å²) in [4.78, 5) is 16.8. The van der Waals surface area contributed by atoms with Crippen LogP contribution in [0.3, 0.4) is 0 Å². The number of hydrogen-bond donors (Lipinski definition) is 0. The van der Waals surface area contributed by atoms with Crippen LogP contribution in [0.2, 0.25) is 0 Å². The Morgan fingerprint density at radius 2 is 1.79 bits per heavy atom. The SMILES string of the molecule is C[C@]12CCC(=O)C[C@@H]1CC[C@@H]1[C@@H]2CC[C@]2(C)[C@@H](n3cnc4ccccc43)CC[C@@H]12. The molecule has 0 amide bonds. The minimum absolute atomic E-state index is 0.387. The van der Waals surface area contributed by atoms with Gasteiger partial charge >= 0.3 is 0 Å². The number of imidazole rings is 1. The van der Waals surface area contributed by atoms with Gasteiger partial charge in [-0.25, -0.2) is 4.98 Å². The van der Waals surface area contributed by atoms with Crippen LogP contribution in [0.4, 0.5) is 0 Å². The van der Waals surface area contributed by atoms with Crippen molar-refractivity contribution in [3.63, 3.8) is 0 Å². The molecule has 6 rings (SSSR count). The summed E-state index contributed by atoms with van der Waals surface area (Å²) in [6, 6.07) is 9.22. The molecule has 154 valence electrons. The Balaban J connectivity index is 1.33. The summed E-state index contributed by atoms with van der Waals surface area (Å²) in [6.07, 6.45) is 13.0. The van der Waals surface area contributed by atoms with Crippen molar-refractivity contribution < 1.29 is 4.79 Å². The molecule has 1 aromatic heterocycles. The number of hydrogen-bond acceptors (Lipinski definition) is 2. The van der Waals surface area contributed by atoms with E-state index in [0.29, 0.717) is 28.6 Å². The summed E-state index contributed by atoms with van der Waals surface area (Å²) >= 11 is 0. The fourth-order valence-corrected chi connectivity index (χ4v) is 8.70. The van der Waals surface area contributed by atoms with Gasteiger partial charge < -0.3 is 4.57 Å². The lowest BCUT2D eigenvalue weighted by molar-refractivity contribution is -0.139. The van der Waals surface area contributed by atoms with Gasteiger partial charge in [-0.2, -0.15) is 0 Å². The van der Waals surface area contributed by atoms with Gasteiger partial charge in [0.25, 0.3) is 0 Å². The lowest BCUT2D eigenvalue weighted by Gasteiger charge is -2.60. The Morgan fingerprint density at radius 3 is 2.69 bits per heavy atom. The van der Waals surface area contributed by atoms with Crippen LogP contribution in [-0.2, 0) is 4.79 Å². The van der Waals surface area contributed by atoms with E-state index < -0.39 is 0 Å². The predicted octanol–water partition coefficient (Wildman–Crippen LogP) is 6.19. The zero-order valence-corrected chi connectivity index (χ0v) is 17.9. The van der Waals surface area contributed by atoms with E-state index in [4.69, 9.17) is 4.98 Å². The lowest BCUT2D eigenvalue weighted by atomic mass is 9.45. The van der Waals surface area contributed by atoms with Crippen molar-refractivity contribution in [2.75, 3.05) is 0 Å². The summed E-state index contributed by atoms with van der Waals surface area (Å²) < 4.78 is 2.52. The van der Waals surface area contributed by atoms with Gasteiger partial charge in [0, 0.05) is 18.9 Å². The summed E-state index contributed by atoms with van der Waals surface area (Å²) in [7, 11) is 0. The molecule has 0 spiro atoms. The molecule has 3 nitrogen and oxygen atoms in total. The van der Waals surface area contributed by atoms with Crippen molar-refractivity contribution in [2.45, 2.75) is 77.7 Å². The normalized spacial score (nSPS) is 44.3. The van der Waals surface area contributed by atoms with Crippen LogP contribution in [0.5, 0.6) is 0 Å². The van der Waals surface area contributed by atoms with Crippen molar-refractivity contribution in [3.05, 3.63) is 30.6 Å². The molecule has 0 aliphatic heterocycles. The average Bonchev–Trinajstić information content (AvgIpc) is 3.29. The first kappa shape index (κ1) is 18.2. The quantitative estimate of drug-likeness (QED) is 0.582. The number of ketones is 1. The van der Waals surface area contributed by atoms with E-state index in [2.05, 4.69) is 49.0 Å². The molecule has 1 heterocycles. The number of fused-ring (bicyclic) bond motifs is 6. The third kappa shape index (κ3) is 2.42. The average molecular weight is 391 g/mol. The maximum atomic E-state index is 12.1. The summed E-state index contributed by atoms with van der Waals surface area (Å²) in [6.45, 7) is 5.15. The second-order valence-electron chi connectivity index (χ2n) is 11.2. The Hall–Kier alpha value is -1.64. The minimum atomic E-state index is 0.387. The maximum Gasteiger partial charge on any atom is 0.133 e. The number of para-hydroxylation sites is 2. The van der Waals surface area contributed by atoms with Crippen molar-refractivity contribution in [1.29, 1.82) is 0 Å². The predicted molar refractivity (Wildman–Crippen MR) is 116 cm³/mol. The molecule has 0 bridgehead atoms. The van der Waals surface area contributed by atoms with Gasteiger partial charge in [0.15, 0.2) is 0 Å². The fourth-order valence-electron chi connectivity index (χ4n) is 8.70. The van der Waals surface area contributed by atoms with Crippen molar-refractivity contribution in [2.24, 2.45) is 34.5 Å². The highest BCUT2D eigenvalue weighted by molar-refractivity contribution is 5.79. The molecule has 0 N–H and O–H groups in total. The van der Waals surface area contributed by atoms with Gasteiger partial charge in [0.2, 0.25) is 0 Å². The molecule has 3 heteroatoms. The van der Waals surface area contributed by atoms with Crippen LogP contribution in [-0.4, -0.2) is 15.3 Å². The molecule has 2 aromatic rings. The zero-order chi connectivity index (χ0) is 19.8. The van der Waals surface area contributed by atoms with Gasteiger partial charge in [0.05, 0.1) is 17.4 Å². The standard InChI is InChI=1S/C26H34N2O/c1-25-13-11-18(29)15-17(25)7-8-19-20-9-10-24(26(20,2)14-12-21(19)25)28-16-27-22-5-3-4-6-23(22)28/h3-6,16-17,19-21,24H,7-15H2,1-2H3/t17-,19-,20-,21-,24-,25-,26-/m0/s1. The van der Waals surface area contributed by atoms with Gasteiger partial charge in [-0.05, 0) is 91.6 Å². The van der Waals surface area contributed by atoms with E-state index in [1.165, 1.54) is 44.0 Å². The van der Waals surface area contributed by atoms with Gasteiger partial charge in [0.1, 0.15) is 5.78 Å². The Labute approximate surface area is 174 Å². The van der Waals surface area contributed by atoms with Crippen molar-refractivity contribution >= 4 is 16.8 Å². The Morgan fingerprint density at radius 1 is 0.966 bits per heavy atom. The highest BCUT2D eigenvalue weighted by Crippen LogP contribution is 2.68. The molecular formula is C26H34N2O. The highest BCUT2D eigenvalue weighted by atomic mass is 16.1. The van der Waals surface area contributed by atoms with E-state index in [1.807, 2.05) is 0 Å².